The first kappa shape index (κ1) is 19.3. The van der Waals surface area contributed by atoms with Crippen molar-refractivity contribution in [2.24, 2.45) is 0 Å². The molecule has 0 saturated carbocycles. The highest BCUT2D eigenvalue weighted by Crippen LogP contribution is 2.26. The van der Waals surface area contributed by atoms with Crippen LogP contribution in [0.5, 0.6) is 0 Å². The van der Waals surface area contributed by atoms with Gasteiger partial charge in [-0.05, 0) is 37.3 Å². The number of carbonyl (C=O) groups is 1. The van der Waals surface area contributed by atoms with E-state index in [4.69, 9.17) is 34.8 Å². The maximum absolute atomic E-state index is 12.6. The molecule has 26 heavy (non-hydrogen) atoms. The van der Waals surface area contributed by atoms with E-state index in [1.165, 1.54) is 4.90 Å². The predicted octanol–water partition coefficient (Wildman–Crippen LogP) is 3.38. The highest BCUT2D eigenvalue weighted by atomic mass is 35.5. The Balaban J connectivity index is 1.58. The average Bonchev–Trinajstić information content (AvgIpc) is 2.64. The third kappa shape index (κ3) is 4.44. The molecule has 2 N–H and O–H groups in total. The number of halogens is 3. The zero-order valence-electron chi connectivity index (χ0n) is 14.4. The Morgan fingerprint density at radius 2 is 1.77 bits per heavy atom. The van der Waals surface area contributed by atoms with Gasteiger partial charge in [0.2, 0.25) is 0 Å². The molecule has 2 aromatic rings. The number of hydrogen-bond donors (Lipinski definition) is 2. The summed E-state index contributed by atoms with van der Waals surface area (Å²) in [6, 6.07) is 12.7. The molecule has 4 nitrogen and oxygen atoms in total. The lowest BCUT2D eigenvalue weighted by Crippen LogP contribution is -3.19. The first-order chi connectivity index (χ1) is 12.5. The molecule has 1 saturated heterocycles. The number of piperazine rings is 1. The Bertz CT molecular complexity index is 791. The number of benzene rings is 2. The molecule has 0 unspecified atom stereocenters. The number of para-hydroxylation sites is 1. The van der Waals surface area contributed by atoms with Gasteiger partial charge < -0.3 is 15.1 Å². The van der Waals surface area contributed by atoms with E-state index in [1.807, 2.05) is 31.2 Å². The molecule has 1 atom stereocenters. The lowest BCUT2D eigenvalue weighted by atomic mass is 10.2. The van der Waals surface area contributed by atoms with E-state index in [1.54, 1.807) is 18.2 Å². The smallest absolute Gasteiger partial charge is 0.282 e. The van der Waals surface area contributed by atoms with Crippen molar-refractivity contribution < 1.29 is 9.69 Å². The van der Waals surface area contributed by atoms with Crippen LogP contribution < -0.4 is 15.1 Å². The third-order valence-electron chi connectivity index (χ3n) is 4.79. The van der Waals surface area contributed by atoms with E-state index < -0.39 is 0 Å². The Kier molecular flexibility index (Phi) is 6.30. The average molecular weight is 414 g/mol. The van der Waals surface area contributed by atoms with E-state index in [0.29, 0.717) is 15.7 Å². The summed E-state index contributed by atoms with van der Waals surface area (Å²) in [7, 11) is 0. The van der Waals surface area contributed by atoms with E-state index >= 15 is 0 Å². The van der Waals surface area contributed by atoms with Crippen LogP contribution in [0, 0.1) is 0 Å². The molecule has 138 valence electrons. The minimum Gasteiger partial charge on any atom is -0.359 e. The van der Waals surface area contributed by atoms with Crippen LogP contribution >= 0.6 is 34.8 Å². The molecule has 0 radical (unpaired) electrons. The molecule has 0 aliphatic carbocycles. The maximum Gasteiger partial charge on any atom is 0.282 e. The number of carbonyl (C=O) groups excluding carboxylic acids is 1. The first-order valence-corrected chi connectivity index (χ1v) is 9.69. The number of quaternary nitrogens is 1. The monoisotopic (exact) mass is 412 g/mol. The van der Waals surface area contributed by atoms with E-state index in [0.717, 1.165) is 36.9 Å². The first-order valence-electron chi connectivity index (χ1n) is 8.55. The standard InChI is InChI=1S/C19H20Cl3N3O/c1-13(19(26)23-17-7-6-14(20)12-16(17)22)24-8-10-25(11-9-24)18-5-3-2-4-15(18)21/h2-7,12-13H,8-11H2,1H3,(H,23,26)/p+1/t13-/m1/s1. The molecule has 3 rings (SSSR count). The van der Waals surface area contributed by atoms with Gasteiger partial charge in [0.05, 0.1) is 47.6 Å². The van der Waals surface area contributed by atoms with Crippen molar-refractivity contribution in [3.8, 4) is 0 Å². The summed E-state index contributed by atoms with van der Waals surface area (Å²) in [6.45, 7) is 5.40. The van der Waals surface area contributed by atoms with Gasteiger partial charge in [0.25, 0.3) is 5.91 Å². The van der Waals surface area contributed by atoms with E-state index in [-0.39, 0.29) is 11.9 Å². The Labute approximate surface area is 168 Å². The molecular formula is C19H21Cl3N3O+. The van der Waals surface area contributed by atoms with Crippen molar-refractivity contribution in [3.63, 3.8) is 0 Å². The van der Waals surface area contributed by atoms with Crippen LogP contribution in [0.2, 0.25) is 15.1 Å². The van der Waals surface area contributed by atoms with Crippen LogP contribution in [0.4, 0.5) is 11.4 Å². The zero-order chi connectivity index (χ0) is 18.7. The molecular weight excluding hydrogens is 393 g/mol. The van der Waals surface area contributed by atoms with Crippen molar-refractivity contribution >= 4 is 52.1 Å². The fraction of sp³-hybridized carbons (Fsp3) is 0.316. The largest absolute Gasteiger partial charge is 0.359 e. The minimum atomic E-state index is -0.171. The van der Waals surface area contributed by atoms with Gasteiger partial charge in [-0.3, -0.25) is 4.79 Å². The van der Waals surface area contributed by atoms with Gasteiger partial charge >= 0.3 is 0 Å². The third-order valence-corrected chi connectivity index (χ3v) is 5.66. The second-order valence-corrected chi connectivity index (χ2v) is 7.68. The van der Waals surface area contributed by atoms with Crippen molar-refractivity contribution in [1.29, 1.82) is 0 Å². The van der Waals surface area contributed by atoms with Crippen LogP contribution in [0.25, 0.3) is 0 Å². The molecule has 7 heteroatoms. The molecule has 1 aliphatic heterocycles. The molecule has 1 heterocycles. The van der Waals surface area contributed by atoms with Crippen LogP contribution in [0.15, 0.2) is 42.5 Å². The normalized spacial score (nSPS) is 16.4. The molecule has 1 aliphatic rings. The number of anilines is 2. The lowest BCUT2D eigenvalue weighted by molar-refractivity contribution is -0.914. The van der Waals surface area contributed by atoms with E-state index in [9.17, 15) is 4.79 Å². The van der Waals surface area contributed by atoms with Crippen molar-refractivity contribution in [1.82, 2.24) is 0 Å². The second-order valence-electron chi connectivity index (χ2n) is 6.43. The SMILES string of the molecule is C[C@H](C(=O)Nc1ccc(Cl)cc1Cl)[NH+]1CCN(c2ccccc2Cl)CC1. The topological polar surface area (TPSA) is 36.8 Å². The van der Waals surface area contributed by atoms with Crippen molar-refractivity contribution in [2.45, 2.75) is 13.0 Å². The van der Waals surface area contributed by atoms with Gasteiger partial charge in [0, 0.05) is 5.02 Å². The van der Waals surface area contributed by atoms with Crippen LogP contribution in [-0.4, -0.2) is 38.1 Å². The highest BCUT2D eigenvalue weighted by Gasteiger charge is 2.30. The number of rotatable bonds is 4. The summed E-state index contributed by atoms with van der Waals surface area (Å²) >= 11 is 18.3. The molecule has 0 spiro atoms. The molecule has 0 aromatic heterocycles. The highest BCUT2D eigenvalue weighted by molar-refractivity contribution is 6.36. The number of amides is 1. The minimum absolute atomic E-state index is 0.0459. The zero-order valence-corrected chi connectivity index (χ0v) is 16.7. The van der Waals surface area contributed by atoms with Gasteiger partial charge in [-0.25, -0.2) is 0 Å². The maximum atomic E-state index is 12.6. The summed E-state index contributed by atoms with van der Waals surface area (Å²) in [5.41, 5.74) is 1.64. The lowest BCUT2D eigenvalue weighted by Gasteiger charge is -2.36. The quantitative estimate of drug-likeness (QED) is 0.806. The summed E-state index contributed by atoms with van der Waals surface area (Å²) < 4.78 is 0. The van der Waals surface area contributed by atoms with Crippen molar-refractivity contribution in [3.05, 3.63) is 57.5 Å². The van der Waals surface area contributed by atoms with Gasteiger partial charge in [0.15, 0.2) is 6.04 Å². The summed E-state index contributed by atoms with van der Waals surface area (Å²) in [6.07, 6.45) is 0. The Morgan fingerprint density at radius 1 is 1.08 bits per heavy atom. The molecule has 1 fully saturated rings. The summed E-state index contributed by atoms with van der Waals surface area (Å²) in [5, 5.41) is 4.65. The van der Waals surface area contributed by atoms with Crippen LogP contribution in [0.1, 0.15) is 6.92 Å². The van der Waals surface area contributed by atoms with Gasteiger partial charge in [-0.1, -0.05) is 46.9 Å². The Morgan fingerprint density at radius 3 is 2.42 bits per heavy atom. The predicted molar refractivity (Wildman–Crippen MR) is 109 cm³/mol. The van der Waals surface area contributed by atoms with Crippen LogP contribution in [-0.2, 0) is 4.79 Å². The second kappa shape index (κ2) is 8.49. The molecule has 2 aromatic carbocycles. The fourth-order valence-corrected chi connectivity index (χ4v) is 3.90. The van der Waals surface area contributed by atoms with Gasteiger partial charge in [-0.2, -0.15) is 0 Å². The molecule has 0 bridgehead atoms. The molecule has 1 amide bonds. The number of nitrogens with one attached hydrogen (secondary N) is 2. The van der Waals surface area contributed by atoms with Crippen molar-refractivity contribution in [2.75, 3.05) is 36.4 Å². The number of hydrogen-bond acceptors (Lipinski definition) is 2. The van der Waals surface area contributed by atoms with E-state index in [2.05, 4.69) is 10.2 Å². The summed E-state index contributed by atoms with van der Waals surface area (Å²) in [5.74, 6) is -0.0459. The number of nitrogens with zero attached hydrogens (tertiary/aromatic N) is 1. The van der Waals surface area contributed by atoms with Gasteiger partial charge in [-0.15, -0.1) is 0 Å². The van der Waals surface area contributed by atoms with Crippen LogP contribution in [0.3, 0.4) is 0 Å². The summed E-state index contributed by atoms with van der Waals surface area (Å²) in [4.78, 5) is 16.1. The Hall–Kier alpha value is -1.46. The fourth-order valence-electron chi connectivity index (χ4n) is 3.19. The van der Waals surface area contributed by atoms with Gasteiger partial charge in [0.1, 0.15) is 0 Å².